The van der Waals surface area contributed by atoms with E-state index < -0.39 is 0 Å². The molecule has 0 bridgehead atoms. The van der Waals surface area contributed by atoms with Crippen LogP contribution in [0.4, 0.5) is 11.4 Å². The molecule has 1 aromatic heterocycles. The molecule has 112 valence electrons. The Labute approximate surface area is 127 Å². The Hall–Kier alpha value is -2.56. The maximum Gasteiger partial charge on any atom is 0.293 e. The van der Waals surface area contributed by atoms with Gasteiger partial charge in [-0.1, -0.05) is 6.07 Å². The minimum absolute atomic E-state index is 0.0712. The van der Waals surface area contributed by atoms with Gasteiger partial charge in [0.1, 0.15) is 0 Å². The first-order valence-corrected chi connectivity index (χ1v) is 7.51. The number of anilines is 2. The van der Waals surface area contributed by atoms with Gasteiger partial charge in [-0.25, -0.2) is 0 Å². The first-order valence-electron chi connectivity index (χ1n) is 7.51. The van der Waals surface area contributed by atoms with E-state index in [9.17, 15) is 9.59 Å². The highest BCUT2D eigenvalue weighted by Crippen LogP contribution is 2.34. The van der Waals surface area contributed by atoms with E-state index in [1.165, 1.54) is 6.26 Å². The van der Waals surface area contributed by atoms with E-state index in [2.05, 4.69) is 5.32 Å². The normalized spacial score (nSPS) is 16.5. The summed E-state index contributed by atoms with van der Waals surface area (Å²) in [7, 11) is 0. The summed E-state index contributed by atoms with van der Waals surface area (Å²) in [5.74, 6) is 0.422. The van der Waals surface area contributed by atoms with Crippen LogP contribution in [0.5, 0.6) is 0 Å². The van der Waals surface area contributed by atoms with Gasteiger partial charge in [-0.3, -0.25) is 9.59 Å². The summed E-state index contributed by atoms with van der Waals surface area (Å²) in [6.07, 6.45) is 4.26. The number of nitrogens with one attached hydrogen (secondary N) is 1. The lowest BCUT2D eigenvalue weighted by atomic mass is 10.1. The molecule has 22 heavy (non-hydrogen) atoms. The molecule has 2 aliphatic rings. The fraction of sp³-hybridized carbons (Fsp3) is 0.294. The van der Waals surface area contributed by atoms with Crippen LogP contribution >= 0.6 is 0 Å². The first-order chi connectivity index (χ1) is 10.7. The number of benzene rings is 1. The number of carbonyl (C=O) groups is 2. The second-order valence-corrected chi connectivity index (χ2v) is 5.79. The Balaban J connectivity index is 1.59. The van der Waals surface area contributed by atoms with Crippen molar-refractivity contribution in [1.29, 1.82) is 0 Å². The van der Waals surface area contributed by atoms with E-state index >= 15 is 0 Å². The maximum atomic E-state index is 12.5. The van der Waals surface area contributed by atoms with Gasteiger partial charge in [-0.05, 0) is 49.1 Å². The molecule has 1 fully saturated rings. The molecule has 0 spiro atoms. The summed E-state index contributed by atoms with van der Waals surface area (Å²) < 4.78 is 5.20. The van der Waals surface area contributed by atoms with Crippen LogP contribution in [0.1, 0.15) is 29.0 Å². The molecule has 1 aliphatic heterocycles. The van der Waals surface area contributed by atoms with Gasteiger partial charge in [-0.2, -0.15) is 0 Å². The number of nitrogens with zero attached hydrogens (tertiary/aromatic N) is 1. The molecule has 5 nitrogen and oxygen atoms in total. The van der Waals surface area contributed by atoms with Gasteiger partial charge in [0.15, 0.2) is 5.76 Å². The van der Waals surface area contributed by atoms with Crippen molar-refractivity contribution in [3.05, 3.63) is 47.9 Å². The molecule has 0 atom stereocenters. The van der Waals surface area contributed by atoms with Crippen LogP contribution in [0.2, 0.25) is 0 Å². The van der Waals surface area contributed by atoms with Crippen LogP contribution in [-0.2, 0) is 11.2 Å². The maximum absolute atomic E-state index is 12.5. The molecule has 5 heteroatoms. The van der Waals surface area contributed by atoms with Crippen molar-refractivity contribution in [3.8, 4) is 0 Å². The number of amides is 2. The van der Waals surface area contributed by atoms with Crippen LogP contribution in [0, 0.1) is 5.92 Å². The first kappa shape index (κ1) is 13.1. The van der Waals surface area contributed by atoms with Gasteiger partial charge in [0, 0.05) is 23.8 Å². The number of fused-ring (bicyclic) bond motifs is 1. The van der Waals surface area contributed by atoms with Crippen LogP contribution in [0.25, 0.3) is 0 Å². The summed E-state index contributed by atoms with van der Waals surface area (Å²) in [5.41, 5.74) is 2.72. The SMILES string of the molecule is O=C(Nc1ccc2c(c1)N(C(=O)c1ccco1)CC2)C1CC1. The van der Waals surface area contributed by atoms with Crippen LogP contribution < -0.4 is 10.2 Å². The molecule has 0 radical (unpaired) electrons. The highest BCUT2D eigenvalue weighted by Gasteiger charge is 2.31. The Bertz CT molecular complexity index is 732. The van der Waals surface area contributed by atoms with Gasteiger partial charge in [-0.15, -0.1) is 0 Å². The third-order valence-corrected chi connectivity index (χ3v) is 4.17. The van der Waals surface area contributed by atoms with Gasteiger partial charge in [0.2, 0.25) is 5.91 Å². The van der Waals surface area contributed by atoms with Crippen molar-refractivity contribution < 1.29 is 14.0 Å². The largest absolute Gasteiger partial charge is 0.459 e. The summed E-state index contributed by atoms with van der Waals surface area (Å²) >= 11 is 0. The van der Waals surface area contributed by atoms with E-state index in [0.717, 1.165) is 36.2 Å². The van der Waals surface area contributed by atoms with Gasteiger partial charge < -0.3 is 14.6 Å². The molecule has 2 heterocycles. The molecule has 0 saturated heterocycles. The zero-order valence-corrected chi connectivity index (χ0v) is 12.0. The fourth-order valence-electron chi connectivity index (χ4n) is 2.79. The molecule has 4 rings (SSSR count). The second kappa shape index (κ2) is 5.02. The summed E-state index contributed by atoms with van der Waals surface area (Å²) in [6, 6.07) is 9.13. The predicted octanol–water partition coefficient (Wildman–Crippen LogP) is 2.83. The van der Waals surface area contributed by atoms with E-state index in [-0.39, 0.29) is 17.7 Å². The monoisotopic (exact) mass is 296 g/mol. The average Bonchev–Trinajstić information content (AvgIpc) is 3.08. The third-order valence-electron chi connectivity index (χ3n) is 4.17. The molecule has 2 aromatic rings. The van der Waals surface area contributed by atoms with Crippen molar-refractivity contribution in [3.63, 3.8) is 0 Å². The lowest BCUT2D eigenvalue weighted by molar-refractivity contribution is -0.117. The smallest absolute Gasteiger partial charge is 0.293 e. The van der Waals surface area contributed by atoms with E-state index in [1.54, 1.807) is 17.0 Å². The fourth-order valence-corrected chi connectivity index (χ4v) is 2.79. The van der Waals surface area contributed by atoms with Crippen molar-refractivity contribution in [2.75, 3.05) is 16.8 Å². The second-order valence-electron chi connectivity index (χ2n) is 5.79. The third kappa shape index (κ3) is 2.28. The standard InChI is InChI=1S/C17H16N2O3/c20-16(12-3-4-12)18-13-6-5-11-7-8-19(14(11)10-13)17(21)15-2-1-9-22-15/h1-2,5-6,9-10,12H,3-4,7-8H2,(H,18,20). The predicted molar refractivity (Wildman–Crippen MR) is 81.9 cm³/mol. The lowest BCUT2D eigenvalue weighted by Gasteiger charge is -2.17. The number of hydrogen-bond donors (Lipinski definition) is 1. The summed E-state index contributed by atoms with van der Waals surface area (Å²) in [6.45, 7) is 0.634. The number of furan rings is 1. The molecule has 1 aromatic carbocycles. The van der Waals surface area contributed by atoms with Crippen molar-refractivity contribution in [2.45, 2.75) is 19.3 Å². The number of rotatable bonds is 3. The summed E-state index contributed by atoms with van der Waals surface area (Å²) in [5, 5.41) is 2.93. The van der Waals surface area contributed by atoms with Gasteiger partial charge in [0.05, 0.1) is 6.26 Å². The minimum Gasteiger partial charge on any atom is -0.459 e. The quantitative estimate of drug-likeness (QED) is 0.947. The molecule has 1 N–H and O–H groups in total. The zero-order chi connectivity index (χ0) is 15.1. The van der Waals surface area contributed by atoms with Crippen LogP contribution in [0.15, 0.2) is 41.0 Å². The topological polar surface area (TPSA) is 62.6 Å². The van der Waals surface area contributed by atoms with Crippen molar-refractivity contribution in [2.24, 2.45) is 5.92 Å². The highest BCUT2D eigenvalue weighted by atomic mass is 16.3. The molecule has 1 saturated carbocycles. The van der Waals surface area contributed by atoms with E-state index in [1.807, 2.05) is 18.2 Å². The van der Waals surface area contributed by atoms with E-state index in [0.29, 0.717) is 12.3 Å². The minimum atomic E-state index is -0.144. The van der Waals surface area contributed by atoms with Crippen molar-refractivity contribution in [1.82, 2.24) is 0 Å². The number of carbonyl (C=O) groups excluding carboxylic acids is 2. The Morgan fingerprint density at radius 3 is 2.82 bits per heavy atom. The van der Waals surface area contributed by atoms with Gasteiger partial charge >= 0.3 is 0 Å². The van der Waals surface area contributed by atoms with Crippen molar-refractivity contribution >= 4 is 23.2 Å². The van der Waals surface area contributed by atoms with Crippen LogP contribution in [-0.4, -0.2) is 18.4 Å². The average molecular weight is 296 g/mol. The van der Waals surface area contributed by atoms with Crippen LogP contribution in [0.3, 0.4) is 0 Å². The molecular formula is C17H16N2O3. The lowest BCUT2D eigenvalue weighted by Crippen LogP contribution is -2.28. The molecule has 2 amide bonds. The van der Waals surface area contributed by atoms with Gasteiger partial charge in [0.25, 0.3) is 5.91 Å². The van der Waals surface area contributed by atoms with E-state index in [4.69, 9.17) is 4.42 Å². The Morgan fingerprint density at radius 2 is 2.09 bits per heavy atom. The number of hydrogen-bond acceptors (Lipinski definition) is 3. The molecule has 1 aliphatic carbocycles. The molecular weight excluding hydrogens is 280 g/mol. The summed E-state index contributed by atoms with van der Waals surface area (Å²) in [4.78, 5) is 26.0. The highest BCUT2D eigenvalue weighted by molar-refractivity contribution is 6.06. The molecule has 0 unspecified atom stereocenters. The Morgan fingerprint density at radius 1 is 1.23 bits per heavy atom. The zero-order valence-electron chi connectivity index (χ0n) is 12.0. The Kier molecular flexibility index (Phi) is 2.99.